The predicted octanol–water partition coefficient (Wildman–Crippen LogP) is 10.5. The monoisotopic (exact) mass is 715 g/mol. The molecule has 0 aliphatic heterocycles. The van der Waals surface area contributed by atoms with Crippen LogP contribution in [0.25, 0.3) is 55.9 Å². The molecule has 4 aromatic carbocycles. The van der Waals surface area contributed by atoms with Crippen LogP contribution < -0.4 is 4.18 Å². The summed E-state index contributed by atoms with van der Waals surface area (Å²) < 4.78 is 110. The minimum atomic E-state index is -6.66. The number of benzene rings is 4. The predicted molar refractivity (Wildman–Crippen MR) is 176 cm³/mol. The highest BCUT2D eigenvalue weighted by Gasteiger charge is 2.76. The number of alkyl halides is 8. The quantitative estimate of drug-likeness (QED) is 0.119. The Balaban J connectivity index is 0.00000239. The number of pyridine rings is 1. The molecule has 50 heavy (non-hydrogen) atoms. The number of hydrogen-bond acceptors (Lipinski definition) is 6. The molecular formula is C36H25F8N3O2S. The van der Waals surface area contributed by atoms with Crippen molar-refractivity contribution in [2.75, 3.05) is 7.11 Å². The third-order valence-corrected chi connectivity index (χ3v) is 8.07. The number of aromatic nitrogens is 3. The summed E-state index contributed by atoms with van der Waals surface area (Å²) >= 11 is -0.843. The fraction of sp³-hybridized carbons (Fsp3) is 0.139. The molecule has 1 N–H and O–H groups in total. The molecule has 0 saturated heterocycles. The van der Waals surface area contributed by atoms with Crippen LogP contribution in [0.5, 0.6) is 5.75 Å². The average molecular weight is 716 g/mol. The van der Waals surface area contributed by atoms with Crippen LogP contribution in [-0.2, 0) is 0 Å². The van der Waals surface area contributed by atoms with Crippen molar-refractivity contribution in [1.82, 2.24) is 15.0 Å². The van der Waals surface area contributed by atoms with Gasteiger partial charge in [0.2, 0.25) is 0 Å². The summed E-state index contributed by atoms with van der Waals surface area (Å²) in [5.74, 6) is -12.5. The standard InChI is InChI=1S/C35H21F8N3OS.CH4O/c36-32(33(37,38)34(39,40)35(41,42)43)48-47-30-17-18-44-29-19-25(15-16-26(29)30)21-11-13-24(14-12-21)31-45-27(22-7-3-1-4-8-22)20-28(46-31)23-9-5-2-6-10-23;1-2/h1-20,32H;2H,1H3. The summed E-state index contributed by atoms with van der Waals surface area (Å²) in [6, 6.07) is 34.6. The number of fused-ring (bicyclic) bond motifs is 1. The lowest BCUT2D eigenvalue weighted by Gasteiger charge is -2.29. The zero-order chi connectivity index (χ0) is 36.1. The van der Waals surface area contributed by atoms with Crippen LogP contribution in [0.2, 0.25) is 0 Å². The minimum absolute atomic E-state index is 0.183. The van der Waals surface area contributed by atoms with E-state index in [4.69, 9.17) is 19.3 Å². The Morgan fingerprint density at radius 1 is 0.620 bits per heavy atom. The number of rotatable bonds is 9. The van der Waals surface area contributed by atoms with E-state index in [1.54, 1.807) is 12.1 Å². The first-order valence-electron chi connectivity index (χ1n) is 14.6. The smallest absolute Gasteiger partial charge is 0.422 e. The Labute approximate surface area is 284 Å². The van der Waals surface area contributed by atoms with Crippen molar-refractivity contribution < 1.29 is 44.4 Å². The maximum absolute atomic E-state index is 14.0. The summed E-state index contributed by atoms with van der Waals surface area (Å²) in [7, 11) is 1.00. The molecule has 0 radical (unpaired) electrons. The molecule has 5 nitrogen and oxygen atoms in total. The van der Waals surface area contributed by atoms with Crippen LogP contribution >= 0.6 is 12.0 Å². The van der Waals surface area contributed by atoms with Gasteiger partial charge in [-0.15, -0.1) is 0 Å². The van der Waals surface area contributed by atoms with E-state index in [1.807, 2.05) is 91.0 Å². The van der Waals surface area contributed by atoms with E-state index in [1.165, 1.54) is 12.3 Å². The van der Waals surface area contributed by atoms with Crippen LogP contribution in [0, 0.1) is 0 Å². The first-order chi connectivity index (χ1) is 23.8. The van der Waals surface area contributed by atoms with Gasteiger partial charge >= 0.3 is 18.0 Å². The second-order valence-corrected chi connectivity index (χ2v) is 11.3. The summed E-state index contributed by atoms with van der Waals surface area (Å²) in [6.45, 7) is 0. The van der Waals surface area contributed by atoms with Crippen molar-refractivity contribution in [3.8, 4) is 50.8 Å². The Morgan fingerprint density at radius 3 is 1.68 bits per heavy atom. The molecule has 0 aliphatic rings. The summed E-state index contributed by atoms with van der Waals surface area (Å²) in [6.07, 6.45) is -5.47. The van der Waals surface area contributed by atoms with Gasteiger partial charge in [0.15, 0.2) is 5.82 Å². The number of halogens is 8. The fourth-order valence-electron chi connectivity index (χ4n) is 4.76. The average Bonchev–Trinajstić information content (AvgIpc) is 3.14. The topological polar surface area (TPSA) is 68.1 Å². The van der Waals surface area contributed by atoms with Crippen LogP contribution in [0.1, 0.15) is 0 Å². The number of nitrogens with zero attached hydrogens (tertiary/aromatic N) is 3. The van der Waals surface area contributed by atoms with Gasteiger partial charge in [-0.2, -0.15) is 30.7 Å². The highest BCUT2D eigenvalue weighted by molar-refractivity contribution is 7.95. The zero-order valence-corrected chi connectivity index (χ0v) is 26.6. The van der Waals surface area contributed by atoms with E-state index < -0.39 is 35.6 Å². The molecule has 0 saturated carbocycles. The molecule has 0 aliphatic carbocycles. The van der Waals surface area contributed by atoms with E-state index in [0.29, 0.717) is 11.4 Å². The van der Waals surface area contributed by atoms with Gasteiger partial charge in [0.25, 0.3) is 5.50 Å². The fourth-order valence-corrected chi connectivity index (χ4v) is 5.36. The molecular weight excluding hydrogens is 690 g/mol. The van der Waals surface area contributed by atoms with Crippen molar-refractivity contribution in [1.29, 1.82) is 0 Å². The van der Waals surface area contributed by atoms with Gasteiger partial charge in [-0.05, 0) is 29.3 Å². The number of aliphatic hydroxyl groups is 1. The van der Waals surface area contributed by atoms with E-state index in [-0.39, 0.29) is 16.7 Å². The van der Waals surface area contributed by atoms with E-state index in [2.05, 4.69) is 4.98 Å². The summed E-state index contributed by atoms with van der Waals surface area (Å²) in [5, 5.41) is 7.18. The molecule has 14 heteroatoms. The van der Waals surface area contributed by atoms with Crippen molar-refractivity contribution in [3.05, 3.63) is 121 Å². The highest BCUT2D eigenvalue weighted by Crippen LogP contribution is 2.51. The van der Waals surface area contributed by atoms with Crippen molar-refractivity contribution in [3.63, 3.8) is 0 Å². The van der Waals surface area contributed by atoms with Crippen molar-refractivity contribution in [2.24, 2.45) is 0 Å². The first-order valence-corrected chi connectivity index (χ1v) is 15.4. The van der Waals surface area contributed by atoms with Gasteiger partial charge in [0.05, 0.1) is 16.9 Å². The molecule has 0 spiro atoms. The summed E-state index contributed by atoms with van der Waals surface area (Å²) in [4.78, 5) is 13.8. The van der Waals surface area contributed by atoms with Crippen molar-refractivity contribution >= 4 is 22.9 Å². The maximum Gasteiger partial charge on any atom is 0.460 e. The molecule has 0 fully saturated rings. The first kappa shape index (κ1) is 36.2. The molecule has 6 aromatic rings. The number of aliphatic hydroxyl groups excluding tert-OH is 1. The van der Waals surface area contributed by atoms with Crippen molar-refractivity contribution in [2.45, 2.75) is 23.5 Å². The minimum Gasteiger partial charge on any atom is -0.422 e. The molecule has 258 valence electrons. The van der Waals surface area contributed by atoms with Crippen LogP contribution in [-0.4, -0.2) is 50.7 Å². The second kappa shape index (κ2) is 14.8. The molecule has 1 unspecified atom stereocenters. The van der Waals surface area contributed by atoms with Crippen LogP contribution in [0.3, 0.4) is 0 Å². The van der Waals surface area contributed by atoms with E-state index in [9.17, 15) is 35.1 Å². The molecule has 0 amide bonds. The molecule has 0 bridgehead atoms. The Morgan fingerprint density at radius 2 is 1.14 bits per heavy atom. The highest BCUT2D eigenvalue weighted by atomic mass is 32.2. The van der Waals surface area contributed by atoms with E-state index in [0.717, 1.165) is 46.8 Å². The van der Waals surface area contributed by atoms with Gasteiger partial charge in [-0.3, -0.25) is 4.98 Å². The lowest BCUT2D eigenvalue weighted by atomic mass is 10.0. The van der Waals surface area contributed by atoms with Gasteiger partial charge in [-0.25, -0.2) is 14.4 Å². The lowest BCUT2D eigenvalue weighted by molar-refractivity contribution is -0.359. The lowest BCUT2D eigenvalue weighted by Crippen LogP contribution is -2.56. The normalized spacial score (nSPS) is 12.6. The molecule has 2 aromatic heterocycles. The van der Waals surface area contributed by atoms with Crippen LogP contribution in [0.4, 0.5) is 35.1 Å². The SMILES string of the molecule is CO.FC(SOc1ccnc2cc(-c3ccc(-c4nc(-c5ccccc5)cc(-c5ccccc5)n4)cc3)ccc12)C(F)(F)C(F)(F)C(F)(F)F. The Kier molecular flexibility index (Phi) is 10.7. The Hall–Kier alpha value is -5.08. The van der Waals surface area contributed by atoms with Crippen LogP contribution in [0.15, 0.2) is 121 Å². The molecule has 6 rings (SSSR count). The zero-order valence-electron chi connectivity index (χ0n) is 25.8. The third kappa shape index (κ3) is 7.41. The number of hydrogen-bond donors (Lipinski definition) is 1. The third-order valence-electron chi connectivity index (χ3n) is 7.33. The molecule has 2 heterocycles. The molecule has 1 atom stereocenters. The Bertz CT molecular complexity index is 1990. The van der Waals surface area contributed by atoms with Gasteiger partial charge in [0, 0.05) is 41.4 Å². The van der Waals surface area contributed by atoms with Gasteiger partial charge in [0.1, 0.15) is 17.8 Å². The van der Waals surface area contributed by atoms with E-state index >= 15 is 0 Å². The van der Waals surface area contributed by atoms with Gasteiger partial charge in [-0.1, -0.05) is 91.0 Å². The second-order valence-electron chi connectivity index (χ2n) is 10.5. The summed E-state index contributed by atoms with van der Waals surface area (Å²) in [5.41, 5.74) is 1.76. The maximum atomic E-state index is 14.0. The van der Waals surface area contributed by atoms with Gasteiger partial charge < -0.3 is 9.29 Å². The largest absolute Gasteiger partial charge is 0.460 e.